The van der Waals surface area contributed by atoms with Crippen molar-refractivity contribution in [2.75, 3.05) is 6.61 Å². The summed E-state index contributed by atoms with van der Waals surface area (Å²) in [6.07, 6.45) is 0.793. The van der Waals surface area contributed by atoms with Crippen molar-refractivity contribution in [3.8, 4) is 0 Å². The summed E-state index contributed by atoms with van der Waals surface area (Å²) >= 11 is 0. The molecule has 0 aliphatic heterocycles. The molecule has 0 amide bonds. The molecule has 3 heteroatoms. The van der Waals surface area contributed by atoms with Gasteiger partial charge in [-0.05, 0) is 31.9 Å². The summed E-state index contributed by atoms with van der Waals surface area (Å²) in [6, 6.07) is 3.83. The van der Waals surface area contributed by atoms with Crippen LogP contribution in [-0.4, -0.2) is 17.6 Å². The van der Waals surface area contributed by atoms with Gasteiger partial charge in [-0.1, -0.05) is 13.0 Å². The molecule has 76 valence electrons. The zero-order valence-corrected chi connectivity index (χ0v) is 8.83. The number of esters is 1. The van der Waals surface area contributed by atoms with Crippen LogP contribution < -0.4 is 0 Å². The highest BCUT2D eigenvalue weighted by molar-refractivity contribution is 5.88. The Labute approximate surface area is 84.1 Å². The summed E-state index contributed by atoms with van der Waals surface area (Å²) in [5, 5.41) is 0. The lowest BCUT2D eigenvalue weighted by molar-refractivity contribution is 0.0518. The maximum atomic E-state index is 11.5. The highest BCUT2D eigenvalue weighted by Gasteiger charge is 2.12. The molecule has 0 aliphatic rings. The molecule has 0 aliphatic carbocycles. The van der Waals surface area contributed by atoms with Gasteiger partial charge in [0.15, 0.2) is 5.69 Å². The molecule has 0 saturated heterocycles. The lowest BCUT2D eigenvalue weighted by Crippen LogP contribution is -2.11. The van der Waals surface area contributed by atoms with Gasteiger partial charge in [0.25, 0.3) is 0 Å². The van der Waals surface area contributed by atoms with Crippen LogP contribution in [0.5, 0.6) is 0 Å². The summed E-state index contributed by atoms with van der Waals surface area (Å²) in [6.45, 7) is 6.04. The van der Waals surface area contributed by atoms with Gasteiger partial charge in [0.1, 0.15) is 0 Å². The Kier molecular flexibility index (Phi) is 3.63. The van der Waals surface area contributed by atoms with Crippen LogP contribution in [-0.2, 0) is 11.2 Å². The lowest BCUT2D eigenvalue weighted by atomic mass is 10.1. The minimum atomic E-state index is -0.326. The van der Waals surface area contributed by atoms with E-state index in [-0.39, 0.29) is 5.97 Å². The van der Waals surface area contributed by atoms with Gasteiger partial charge in [0, 0.05) is 5.69 Å². The Hall–Kier alpha value is -1.38. The molecule has 1 heterocycles. The number of aryl methyl sites for hydroxylation is 2. The Balaban J connectivity index is 3.03. The average molecular weight is 193 g/mol. The van der Waals surface area contributed by atoms with Gasteiger partial charge in [-0.25, -0.2) is 9.78 Å². The number of ether oxygens (including phenoxy) is 1. The van der Waals surface area contributed by atoms with Gasteiger partial charge in [-0.3, -0.25) is 0 Å². The Bertz CT molecular complexity index is 334. The average Bonchev–Trinajstić information content (AvgIpc) is 2.18. The molecule has 14 heavy (non-hydrogen) atoms. The Morgan fingerprint density at radius 3 is 2.71 bits per heavy atom. The van der Waals surface area contributed by atoms with E-state index < -0.39 is 0 Å². The molecule has 0 fully saturated rings. The predicted octanol–water partition coefficient (Wildman–Crippen LogP) is 2.13. The topological polar surface area (TPSA) is 39.2 Å². The quantitative estimate of drug-likeness (QED) is 0.690. The molecule has 0 aromatic carbocycles. The van der Waals surface area contributed by atoms with E-state index in [2.05, 4.69) is 4.98 Å². The first-order valence-electron chi connectivity index (χ1n) is 4.82. The fourth-order valence-electron chi connectivity index (χ4n) is 1.25. The van der Waals surface area contributed by atoms with Gasteiger partial charge < -0.3 is 4.74 Å². The zero-order valence-electron chi connectivity index (χ0n) is 8.83. The summed E-state index contributed by atoms with van der Waals surface area (Å²) < 4.78 is 4.92. The second-order valence-corrected chi connectivity index (χ2v) is 3.03. The summed E-state index contributed by atoms with van der Waals surface area (Å²) in [4.78, 5) is 15.7. The Morgan fingerprint density at radius 1 is 1.43 bits per heavy atom. The smallest absolute Gasteiger partial charge is 0.357 e. The fourth-order valence-corrected chi connectivity index (χ4v) is 1.25. The van der Waals surface area contributed by atoms with Gasteiger partial charge in [0.2, 0.25) is 0 Å². The normalized spacial score (nSPS) is 9.93. The molecule has 1 aromatic heterocycles. The number of carbonyl (C=O) groups excluding carboxylic acids is 1. The maximum absolute atomic E-state index is 11.5. The SMILES string of the molecule is CCOC(=O)c1nc(C)ccc1CC. The lowest BCUT2D eigenvalue weighted by Gasteiger charge is -2.06. The van der Waals surface area contributed by atoms with Gasteiger partial charge in [0.05, 0.1) is 6.61 Å². The van der Waals surface area contributed by atoms with Crippen LogP contribution in [0.4, 0.5) is 0 Å². The van der Waals surface area contributed by atoms with E-state index in [4.69, 9.17) is 4.74 Å². The predicted molar refractivity (Wildman–Crippen MR) is 54.3 cm³/mol. The van der Waals surface area contributed by atoms with Crippen molar-refractivity contribution in [2.45, 2.75) is 27.2 Å². The van der Waals surface area contributed by atoms with Crippen LogP contribution in [0.1, 0.15) is 35.6 Å². The van der Waals surface area contributed by atoms with Crippen molar-refractivity contribution >= 4 is 5.97 Å². The van der Waals surface area contributed by atoms with Crippen LogP contribution in [0.15, 0.2) is 12.1 Å². The van der Waals surface area contributed by atoms with E-state index in [0.717, 1.165) is 17.7 Å². The van der Waals surface area contributed by atoms with Crippen LogP contribution >= 0.6 is 0 Å². The number of pyridine rings is 1. The molecule has 1 aromatic rings. The molecule has 1 rings (SSSR count). The van der Waals surface area contributed by atoms with Crippen molar-refractivity contribution in [1.82, 2.24) is 4.98 Å². The summed E-state index contributed by atoms with van der Waals surface area (Å²) in [5.74, 6) is -0.326. The number of nitrogens with zero attached hydrogens (tertiary/aromatic N) is 1. The van der Waals surface area contributed by atoms with E-state index in [0.29, 0.717) is 12.3 Å². The first-order chi connectivity index (χ1) is 6.69. The van der Waals surface area contributed by atoms with E-state index in [9.17, 15) is 4.79 Å². The van der Waals surface area contributed by atoms with E-state index in [1.165, 1.54) is 0 Å². The number of hydrogen-bond donors (Lipinski definition) is 0. The Morgan fingerprint density at radius 2 is 2.14 bits per heavy atom. The number of carbonyl (C=O) groups is 1. The van der Waals surface area contributed by atoms with Gasteiger partial charge >= 0.3 is 5.97 Å². The standard InChI is InChI=1S/C11H15NO2/c1-4-9-7-6-8(3)12-10(9)11(13)14-5-2/h6-7H,4-5H2,1-3H3. The highest BCUT2D eigenvalue weighted by atomic mass is 16.5. The van der Waals surface area contributed by atoms with Crippen LogP contribution in [0, 0.1) is 6.92 Å². The first-order valence-corrected chi connectivity index (χ1v) is 4.82. The molecule has 0 radical (unpaired) electrons. The first kappa shape index (κ1) is 10.7. The molecule has 0 N–H and O–H groups in total. The van der Waals surface area contributed by atoms with Crippen molar-refractivity contribution in [2.24, 2.45) is 0 Å². The van der Waals surface area contributed by atoms with E-state index in [1.807, 2.05) is 26.0 Å². The fraction of sp³-hybridized carbons (Fsp3) is 0.455. The molecular formula is C11H15NO2. The number of aromatic nitrogens is 1. The summed E-state index contributed by atoms with van der Waals surface area (Å²) in [7, 11) is 0. The second kappa shape index (κ2) is 4.74. The number of hydrogen-bond acceptors (Lipinski definition) is 3. The van der Waals surface area contributed by atoms with Gasteiger partial charge in [-0.15, -0.1) is 0 Å². The van der Waals surface area contributed by atoms with Crippen LogP contribution in [0.3, 0.4) is 0 Å². The minimum Gasteiger partial charge on any atom is -0.461 e. The number of rotatable bonds is 3. The molecule has 0 unspecified atom stereocenters. The maximum Gasteiger partial charge on any atom is 0.357 e. The van der Waals surface area contributed by atoms with Crippen molar-refractivity contribution in [3.63, 3.8) is 0 Å². The van der Waals surface area contributed by atoms with Crippen LogP contribution in [0.25, 0.3) is 0 Å². The molecular weight excluding hydrogens is 178 g/mol. The molecule has 0 spiro atoms. The minimum absolute atomic E-state index is 0.326. The van der Waals surface area contributed by atoms with Crippen LogP contribution in [0.2, 0.25) is 0 Å². The second-order valence-electron chi connectivity index (χ2n) is 3.03. The third-order valence-corrected chi connectivity index (χ3v) is 1.97. The highest BCUT2D eigenvalue weighted by Crippen LogP contribution is 2.09. The van der Waals surface area contributed by atoms with Crippen molar-refractivity contribution in [3.05, 3.63) is 29.1 Å². The van der Waals surface area contributed by atoms with Gasteiger partial charge in [-0.2, -0.15) is 0 Å². The monoisotopic (exact) mass is 193 g/mol. The molecule has 0 atom stereocenters. The van der Waals surface area contributed by atoms with Crippen molar-refractivity contribution in [1.29, 1.82) is 0 Å². The third-order valence-electron chi connectivity index (χ3n) is 1.97. The van der Waals surface area contributed by atoms with E-state index >= 15 is 0 Å². The molecule has 3 nitrogen and oxygen atoms in total. The largest absolute Gasteiger partial charge is 0.461 e. The van der Waals surface area contributed by atoms with Crippen molar-refractivity contribution < 1.29 is 9.53 Å². The molecule has 0 saturated carbocycles. The third kappa shape index (κ3) is 2.31. The molecule has 0 bridgehead atoms. The zero-order chi connectivity index (χ0) is 10.6. The summed E-state index contributed by atoms with van der Waals surface area (Å²) in [5.41, 5.74) is 2.23. The van der Waals surface area contributed by atoms with E-state index in [1.54, 1.807) is 6.92 Å².